The molecule has 0 aliphatic carbocycles. The molecule has 0 aromatic heterocycles. The Morgan fingerprint density at radius 2 is 1.78 bits per heavy atom. The summed E-state index contributed by atoms with van der Waals surface area (Å²) in [6.07, 6.45) is 2.35. The minimum absolute atomic E-state index is 0. The van der Waals surface area contributed by atoms with E-state index in [1.165, 1.54) is 18.4 Å². The number of guanidine groups is 1. The molecule has 0 spiro atoms. The van der Waals surface area contributed by atoms with E-state index in [2.05, 4.69) is 71.5 Å². The molecule has 0 unspecified atom stereocenters. The Hall–Kier alpha value is -0.860. The second-order valence-corrected chi connectivity index (χ2v) is 6.97. The molecule has 5 nitrogen and oxygen atoms in total. The lowest BCUT2D eigenvalue weighted by molar-refractivity contribution is 0.198. The summed E-state index contributed by atoms with van der Waals surface area (Å²) in [5, 5.41) is 7.04. The first kappa shape index (κ1) is 24.2. The van der Waals surface area contributed by atoms with Crippen molar-refractivity contribution in [3.05, 3.63) is 35.9 Å². The van der Waals surface area contributed by atoms with Gasteiger partial charge in [-0.1, -0.05) is 44.2 Å². The third kappa shape index (κ3) is 9.25. The lowest BCUT2D eigenvalue weighted by Gasteiger charge is -2.33. The monoisotopic (exact) mass is 487 g/mol. The first-order valence-corrected chi connectivity index (χ1v) is 10.3. The van der Waals surface area contributed by atoms with Crippen molar-refractivity contribution in [1.82, 2.24) is 20.4 Å². The summed E-state index contributed by atoms with van der Waals surface area (Å²) in [4.78, 5) is 9.73. The van der Waals surface area contributed by atoms with Gasteiger partial charge in [0.15, 0.2) is 5.96 Å². The smallest absolute Gasteiger partial charge is 0.191 e. The Kier molecular flexibility index (Phi) is 12.7. The van der Waals surface area contributed by atoms with Crippen LogP contribution in [0.5, 0.6) is 0 Å². The maximum absolute atomic E-state index is 4.77. The third-order valence-electron chi connectivity index (χ3n) is 5.10. The molecular weight excluding hydrogens is 449 g/mol. The van der Waals surface area contributed by atoms with Gasteiger partial charge in [0.1, 0.15) is 0 Å². The van der Waals surface area contributed by atoms with Gasteiger partial charge in [-0.2, -0.15) is 0 Å². The van der Waals surface area contributed by atoms with Crippen molar-refractivity contribution in [2.45, 2.75) is 46.2 Å². The number of aliphatic imine (C=N–C) groups is 1. The number of hydrogen-bond donors (Lipinski definition) is 2. The zero-order chi connectivity index (χ0) is 18.6. The third-order valence-corrected chi connectivity index (χ3v) is 5.10. The summed E-state index contributed by atoms with van der Waals surface area (Å²) >= 11 is 0. The molecule has 0 radical (unpaired) electrons. The lowest BCUT2D eigenvalue weighted by Crippen LogP contribution is -2.48. The maximum Gasteiger partial charge on any atom is 0.191 e. The standard InChI is InChI=1S/C21H37N5.HI/c1-4-22-21(23-14-17-25(5-2)6-3)24-20-12-15-26(16-13-20)18-19-10-8-7-9-11-19;/h7-11,20H,4-6,12-18H2,1-3H3,(H2,22,23,24);1H. The number of likely N-dealkylation sites (N-methyl/N-ethyl adjacent to an activating group) is 1. The van der Waals surface area contributed by atoms with E-state index >= 15 is 0 Å². The van der Waals surface area contributed by atoms with Gasteiger partial charge in [0.25, 0.3) is 0 Å². The van der Waals surface area contributed by atoms with E-state index in [-0.39, 0.29) is 24.0 Å². The molecule has 1 aliphatic heterocycles. The number of nitrogens with one attached hydrogen (secondary N) is 2. The molecule has 1 saturated heterocycles. The Morgan fingerprint density at radius 3 is 2.37 bits per heavy atom. The predicted molar refractivity (Wildman–Crippen MR) is 127 cm³/mol. The molecule has 0 bridgehead atoms. The Balaban J connectivity index is 0.00000364. The summed E-state index contributed by atoms with van der Waals surface area (Å²) in [6, 6.07) is 11.3. The molecule has 6 heteroatoms. The molecule has 2 N–H and O–H groups in total. The number of piperidine rings is 1. The molecule has 1 aromatic carbocycles. The number of benzene rings is 1. The number of halogens is 1. The normalized spacial score (nSPS) is 16.2. The highest BCUT2D eigenvalue weighted by Gasteiger charge is 2.20. The fourth-order valence-corrected chi connectivity index (χ4v) is 3.43. The molecule has 0 atom stereocenters. The van der Waals surface area contributed by atoms with Crippen LogP contribution in [0.25, 0.3) is 0 Å². The number of rotatable bonds is 9. The summed E-state index contributed by atoms with van der Waals surface area (Å²) < 4.78 is 0. The summed E-state index contributed by atoms with van der Waals surface area (Å²) in [5.74, 6) is 0.973. The maximum atomic E-state index is 4.77. The van der Waals surface area contributed by atoms with Crippen molar-refractivity contribution in [2.75, 3.05) is 45.8 Å². The van der Waals surface area contributed by atoms with E-state index < -0.39 is 0 Å². The number of nitrogens with zero attached hydrogens (tertiary/aromatic N) is 3. The van der Waals surface area contributed by atoms with Crippen LogP contribution in [0.15, 0.2) is 35.3 Å². The summed E-state index contributed by atoms with van der Waals surface area (Å²) in [6.45, 7) is 14.9. The van der Waals surface area contributed by atoms with Crippen LogP contribution in [-0.2, 0) is 6.54 Å². The topological polar surface area (TPSA) is 42.9 Å². The van der Waals surface area contributed by atoms with Crippen molar-refractivity contribution >= 4 is 29.9 Å². The van der Waals surface area contributed by atoms with Gasteiger partial charge in [0, 0.05) is 38.8 Å². The quantitative estimate of drug-likeness (QED) is 0.319. The minimum atomic E-state index is 0. The molecule has 2 rings (SSSR count). The van der Waals surface area contributed by atoms with E-state index in [0.717, 1.165) is 58.3 Å². The minimum Gasteiger partial charge on any atom is -0.357 e. The number of likely N-dealkylation sites (tertiary alicyclic amines) is 1. The molecular formula is C21H38IN5. The fraction of sp³-hybridized carbons (Fsp3) is 0.667. The summed E-state index contributed by atoms with van der Waals surface area (Å²) in [5.41, 5.74) is 1.41. The molecule has 154 valence electrons. The predicted octanol–water partition coefficient (Wildman–Crippen LogP) is 3.17. The van der Waals surface area contributed by atoms with Crippen molar-refractivity contribution in [3.8, 4) is 0 Å². The van der Waals surface area contributed by atoms with Gasteiger partial charge in [-0.05, 0) is 38.4 Å². The molecule has 0 amide bonds. The second-order valence-electron chi connectivity index (χ2n) is 6.97. The molecule has 27 heavy (non-hydrogen) atoms. The Labute approximate surface area is 183 Å². The highest BCUT2D eigenvalue weighted by Crippen LogP contribution is 2.13. The zero-order valence-electron chi connectivity index (χ0n) is 17.3. The SMILES string of the molecule is CCNC(=NCCN(CC)CC)NC1CCN(Cc2ccccc2)CC1.I. The average Bonchev–Trinajstić information content (AvgIpc) is 2.68. The highest BCUT2D eigenvalue weighted by molar-refractivity contribution is 14.0. The van der Waals surface area contributed by atoms with Crippen LogP contribution in [-0.4, -0.2) is 67.6 Å². The second kappa shape index (κ2) is 14.2. The van der Waals surface area contributed by atoms with E-state index in [9.17, 15) is 0 Å². The van der Waals surface area contributed by atoms with Gasteiger partial charge in [-0.15, -0.1) is 24.0 Å². The Bertz CT molecular complexity index is 511. The summed E-state index contributed by atoms with van der Waals surface area (Å²) in [7, 11) is 0. The van der Waals surface area contributed by atoms with Crippen LogP contribution in [0, 0.1) is 0 Å². The van der Waals surface area contributed by atoms with Crippen molar-refractivity contribution in [2.24, 2.45) is 4.99 Å². The van der Waals surface area contributed by atoms with Crippen molar-refractivity contribution < 1.29 is 0 Å². The Morgan fingerprint density at radius 1 is 1.11 bits per heavy atom. The van der Waals surface area contributed by atoms with Gasteiger partial charge in [0.2, 0.25) is 0 Å². The van der Waals surface area contributed by atoms with E-state index in [1.807, 2.05) is 0 Å². The zero-order valence-corrected chi connectivity index (χ0v) is 19.6. The molecule has 1 aliphatic rings. The van der Waals surface area contributed by atoms with E-state index in [4.69, 9.17) is 4.99 Å². The average molecular weight is 487 g/mol. The van der Waals surface area contributed by atoms with Crippen LogP contribution >= 0.6 is 24.0 Å². The van der Waals surface area contributed by atoms with Gasteiger partial charge < -0.3 is 15.5 Å². The van der Waals surface area contributed by atoms with Crippen molar-refractivity contribution in [3.63, 3.8) is 0 Å². The van der Waals surface area contributed by atoms with Crippen LogP contribution in [0.4, 0.5) is 0 Å². The van der Waals surface area contributed by atoms with Crippen LogP contribution < -0.4 is 10.6 Å². The first-order valence-electron chi connectivity index (χ1n) is 10.3. The van der Waals surface area contributed by atoms with Gasteiger partial charge in [0.05, 0.1) is 6.54 Å². The van der Waals surface area contributed by atoms with Crippen LogP contribution in [0.1, 0.15) is 39.2 Å². The van der Waals surface area contributed by atoms with Gasteiger partial charge in [-0.3, -0.25) is 9.89 Å². The number of hydrogen-bond acceptors (Lipinski definition) is 3. The van der Waals surface area contributed by atoms with Gasteiger partial charge in [-0.25, -0.2) is 0 Å². The lowest BCUT2D eigenvalue weighted by atomic mass is 10.0. The fourth-order valence-electron chi connectivity index (χ4n) is 3.43. The highest BCUT2D eigenvalue weighted by atomic mass is 127. The molecule has 1 aromatic rings. The van der Waals surface area contributed by atoms with Crippen molar-refractivity contribution in [1.29, 1.82) is 0 Å². The molecule has 1 fully saturated rings. The first-order chi connectivity index (χ1) is 12.7. The molecule has 0 saturated carbocycles. The van der Waals surface area contributed by atoms with Crippen LogP contribution in [0.3, 0.4) is 0 Å². The van der Waals surface area contributed by atoms with E-state index in [1.54, 1.807) is 0 Å². The van der Waals surface area contributed by atoms with Gasteiger partial charge >= 0.3 is 0 Å². The van der Waals surface area contributed by atoms with Crippen LogP contribution in [0.2, 0.25) is 0 Å². The van der Waals surface area contributed by atoms with E-state index in [0.29, 0.717) is 6.04 Å². The largest absolute Gasteiger partial charge is 0.357 e. The molecule has 1 heterocycles.